The molecule has 5 heteroatoms. The number of nitrogens with two attached hydrogens (primary N) is 1. The second-order valence-corrected chi connectivity index (χ2v) is 3.51. The lowest BCUT2D eigenvalue weighted by molar-refractivity contribution is 0.0840. The molecule has 0 amide bonds. The van der Waals surface area contributed by atoms with Crippen LogP contribution in [-0.4, -0.2) is 56.8 Å². The smallest absolute Gasteiger partial charge is 0.0918 e. The molecule has 0 aromatic rings. The van der Waals surface area contributed by atoms with Gasteiger partial charge in [-0.2, -0.15) is 0 Å². The van der Waals surface area contributed by atoms with Crippen LogP contribution in [0.2, 0.25) is 0 Å². The summed E-state index contributed by atoms with van der Waals surface area (Å²) in [5.74, 6) is 0.234. The molecule has 3 N–H and O–H groups in total. The van der Waals surface area contributed by atoms with E-state index in [0.29, 0.717) is 6.42 Å². The average molecular weight is 231 g/mol. The van der Waals surface area contributed by atoms with E-state index in [1.54, 1.807) is 0 Å². The zero-order valence-electron chi connectivity index (χ0n) is 10.5. The average Bonchev–Trinajstić information content (AvgIpc) is 2.25. The lowest BCUT2D eigenvalue weighted by atomic mass is 10.3. The summed E-state index contributed by atoms with van der Waals surface area (Å²) in [5, 5.41) is 7.20. The Balaban J connectivity index is 3.71. The molecule has 96 valence electrons. The Morgan fingerprint density at radius 3 is 1.94 bits per heavy atom. The highest BCUT2D eigenvalue weighted by atomic mass is 16.5. The fourth-order valence-corrected chi connectivity index (χ4v) is 1.29. The quantitative estimate of drug-likeness (QED) is 0.312. The van der Waals surface area contributed by atoms with Crippen molar-refractivity contribution in [3.05, 3.63) is 0 Å². The van der Waals surface area contributed by atoms with Crippen LogP contribution in [0.1, 0.15) is 20.3 Å². The monoisotopic (exact) mass is 231 g/mol. The summed E-state index contributed by atoms with van der Waals surface area (Å²) in [5.41, 5.74) is 5.34. The summed E-state index contributed by atoms with van der Waals surface area (Å²) < 4.78 is 10.6. The molecule has 0 radical (unpaired) electrons. The van der Waals surface area contributed by atoms with Crippen molar-refractivity contribution in [3.8, 4) is 0 Å². The van der Waals surface area contributed by atoms with E-state index >= 15 is 0 Å². The minimum Gasteiger partial charge on any atom is -0.388 e. The molecule has 0 saturated carbocycles. The zero-order valence-corrected chi connectivity index (χ0v) is 10.5. The Kier molecular flexibility index (Phi) is 10.4. The Bertz CT molecular complexity index is 167. The van der Waals surface area contributed by atoms with Gasteiger partial charge in [0, 0.05) is 39.3 Å². The molecule has 0 saturated heterocycles. The van der Waals surface area contributed by atoms with E-state index in [1.807, 2.05) is 13.8 Å². The first-order chi connectivity index (χ1) is 7.70. The van der Waals surface area contributed by atoms with E-state index in [9.17, 15) is 0 Å². The second-order valence-electron chi connectivity index (χ2n) is 3.51. The fraction of sp³-hybridized carbons (Fsp3) is 0.909. The summed E-state index contributed by atoms with van der Waals surface area (Å²) >= 11 is 0. The molecule has 0 heterocycles. The van der Waals surface area contributed by atoms with Crippen LogP contribution in [0.3, 0.4) is 0 Å². The Labute approximate surface area is 98.4 Å². The lowest BCUT2D eigenvalue weighted by Gasteiger charge is -2.21. The van der Waals surface area contributed by atoms with Gasteiger partial charge in [-0.05, 0) is 13.8 Å². The Morgan fingerprint density at radius 2 is 1.56 bits per heavy atom. The van der Waals surface area contributed by atoms with Crippen molar-refractivity contribution in [3.63, 3.8) is 0 Å². The second kappa shape index (κ2) is 10.9. The van der Waals surface area contributed by atoms with Crippen molar-refractivity contribution < 1.29 is 9.47 Å². The van der Waals surface area contributed by atoms with Crippen molar-refractivity contribution in [2.24, 2.45) is 5.73 Å². The van der Waals surface area contributed by atoms with Gasteiger partial charge >= 0.3 is 0 Å². The maximum atomic E-state index is 7.20. The summed E-state index contributed by atoms with van der Waals surface area (Å²) in [6.45, 7) is 9.44. The van der Waals surface area contributed by atoms with Crippen molar-refractivity contribution in [2.45, 2.75) is 20.3 Å². The molecule has 16 heavy (non-hydrogen) atoms. The van der Waals surface area contributed by atoms with Crippen molar-refractivity contribution in [2.75, 3.05) is 46.1 Å². The molecule has 0 atom stereocenters. The molecule has 0 spiro atoms. The van der Waals surface area contributed by atoms with Gasteiger partial charge in [-0.3, -0.25) is 10.3 Å². The topological polar surface area (TPSA) is 71.6 Å². The summed E-state index contributed by atoms with van der Waals surface area (Å²) in [6, 6.07) is 0. The Morgan fingerprint density at radius 1 is 1.06 bits per heavy atom. The normalized spacial score (nSPS) is 10.9. The highest BCUT2D eigenvalue weighted by molar-refractivity contribution is 5.76. The van der Waals surface area contributed by atoms with Crippen molar-refractivity contribution in [1.29, 1.82) is 5.41 Å². The minimum atomic E-state index is 0.234. The predicted octanol–water partition coefficient (Wildman–Crippen LogP) is 0.687. The van der Waals surface area contributed by atoms with E-state index in [0.717, 1.165) is 46.1 Å². The van der Waals surface area contributed by atoms with Crippen molar-refractivity contribution in [1.82, 2.24) is 4.90 Å². The van der Waals surface area contributed by atoms with E-state index in [-0.39, 0.29) is 5.84 Å². The first kappa shape index (κ1) is 15.3. The van der Waals surface area contributed by atoms with Crippen LogP contribution in [0.15, 0.2) is 0 Å². The highest BCUT2D eigenvalue weighted by Gasteiger charge is 2.05. The van der Waals surface area contributed by atoms with Crippen LogP contribution in [0.4, 0.5) is 0 Å². The zero-order chi connectivity index (χ0) is 12.2. The van der Waals surface area contributed by atoms with Crippen LogP contribution >= 0.6 is 0 Å². The predicted molar refractivity (Wildman–Crippen MR) is 66.0 cm³/mol. The van der Waals surface area contributed by atoms with E-state index in [2.05, 4.69) is 4.90 Å². The molecule has 5 nitrogen and oxygen atoms in total. The molecular weight excluding hydrogens is 206 g/mol. The van der Waals surface area contributed by atoms with Gasteiger partial charge in [0.1, 0.15) is 0 Å². The summed E-state index contributed by atoms with van der Waals surface area (Å²) in [7, 11) is 0. The number of nitrogens with one attached hydrogen (secondary N) is 1. The van der Waals surface area contributed by atoms with Crippen LogP contribution in [0.25, 0.3) is 0 Å². The van der Waals surface area contributed by atoms with Gasteiger partial charge < -0.3 is 15.2 Å². The third-order valence-electron chi connectivity index (χ3n) is 2.21. The van der Waals surface area contributed by atoms with Gasteiger partial charge in [-0.1, -0.05) is 0 Å². The van der Waals surface area contributed by atoms with Crippen LogP contribution < -0.4 is 5.73 Å². The molecule has 0 aromatic heterocycles. The van der Waals surface area contributed by atoms with E-state index in [4.69, 9.17) is 20.6 Å². The number of amidine groups is 1. The molecule has 0 aliphatic rings. The number of rotatable bonds is 11. The lowest BCUT2D eigenvalue weighted by Crippen LogP contribution is -2.34. The number of hydrogen-bond acceptors (Lipinski definition) is 4. The molecule has 0 aliphatic carbocycles. The molecule has 0 aliphatic heterocycles. The van der Waals surface area contributed by atoms with Gasteiger partial charge in [0.05, 0.1) is 19.0 Å². The largest absolute Gasteiger partial charge is 0.388 e. The van der Waals surface area contributed by atoms with E-state index < -0.39 is 0 Å². The SMILES string of the molecule is CCOCCN(CCOCC)CCC(=N)N. The summed E-state index contributed by atoms with van der Waals surface area (Å²) in [6.07, 6.45) is 0.609. The molecule has 0 aromatic carbocycles. The van der Waals surface area contributed by atoms with Crippen LogP contribution in [0, 0.1) is 5.41 Å². The number of ether oxygens (including phenoxy) is 2. The fourth-order valence-electron chi connectivity index (χ4n) is 1.29. The maximum absolute atomic E-state index is 7.20. The number of hydrogen-bond donors (Lipinski definition) is 2. The number of nitrogens with zero attached hydrogens (tertiary/aromatic N) is 1. The van der Waals surface area contributed by atoms with Crippen LogP contribution in [0.5, 0.6) is 0 Å². The Hall–Kier alpha value is -0.650. The third kappa shape index (κ3) is 9.89. The maximum Gasteiger partial charge on any atom is 0.0918 e. The van der Waals surface area contributed by atoms with Crippen LogP contribution in [-0.2, 0) is 9.47 Å². The third-order valence-corrected chi connectivity index (χ3v) is 2.21. The van der Waals surface area contributed by atoms with Crippen molar-refractivity contribution >= 4 is 5.84 Å². The molecule has 0 unspecified atom stereocenters. The molecular formula is C11H25N3O2. The van der Waals surface area contributed by atoms with Gasteiger partial charge in [0.15, 0.2) is 0 Å². The van der Waals surface area contributed by atoms with Gasteiger partial charge in [0.2, 0.25) is 0 Å². The van der Waals surface area contributed by atoms with Gasteiger partial charge in [-0.15, -0.1) is 0 Å². The van der Waals surface area contributed by atoms with E-state index in [1.165, 1.54) is 0 Å². The molecule has 0 bridgehead atoms. The first-order valence-electron chi connectivity index (χ1n) is 5.91. The standard InChI is InChI=1S/C11H25N3O2/c1-3-15-9-7-14(6-5-11(12)13)8-10-16-4-2/h3-10H2,1-2H3,(H3,12,13). The van der Waals surface area contributed by atoms with Gasteiger partial charge in [-0.25, -0.2) is 0 Å². The molecule has 0 fully saturated rings. The molecule has 0 rings (SSSR count). The summed E-state index contributed by atoms with van der Waals surface area (Å²) in [4.78, 5) is 2.22. The first-order valence-corrected chi connectivity index (χ1v) is 5.91. The minimum absolute atomic E-state index is 0.234. The highest BCUT2D eigenvalue weighted by Crippen LogP contribution is 1.93. The van der Waals surface area contributed by atoms with Gasteiger partial charge in [0.25, 0.3) is 0 Å².